The predicted octanol–water partition coefficient (Wildman–Crippen LogP) is 2.87. The third-order valence-corrected chi connectivity index (χ3v) is 5.04. The van der Waals surface area contributed by atoms with E-state index in [1.54, 1.807) is 0 Å². The van der Waals surface area contributed by atoms with Crippen LogP contribution in [0.5, 0.6) is 0 Å². The van der Waals surface area contributed by atoms with Crippen molar-refractivity contribution in [3.63, 3.8) is 0 Å². The smallest absolute Gasteiger partial charge is 0.0730 e. The topological polar surface area (TPSA) is 38.7 Å². The molecule has 1 aromatic rings. The van der Waals surface area contributed by atoms with Gasteiger partial charge in [-0.15, -0.1) is 0 Å². The van der Waals surface area contributed by atoms with Crippen LogP contribution in [0.25, 0.3) is 0 Å². The lowest BCUT2D eigenvalue weighted by Crippen LogP contribution is -2.47. The first-order chi connectivity index (χ1) is 10.2. The number of aliphatic hydroxyl groups is 1. The maximum Gasteiger partial charge on any atom is 0.0730 e. The molecular formula is C18H26O3. The monoisotopic (exact) mass is 290 g/mol. The summed E-state index contributed by atoms with van der Waals surface area (Å²) in [6.07, 6.45) is 4.37. The third kappa shape index (κ3) is 3.65. The van der Waals surface area contributed by atoms with Crippen LogP contribution < -0.4 is 0 Å². The molecule has 0 radical (unpaired) electrons. The Kier molecular flexibility index (Phi) is 4.63. The van der Waals surface area contributed by atoms with Gasteiger partial charge < -0.3 is 14.6 Å². The van der Waals surface area contributed by atoms with Crippen molar-refractivity contribution in [1.82, 2.24) is 0 Å². The lowest BCUT2D eigenvalue weighted by Gasteiger charge is -2.44. The third-order valence-electron chi connectivity index (χ3n) is 5.04. The van der Waals surface area contributed by atoms with Crippen molar-refractivity contribution >= 4 is 0 Å². The number of hydrogen-bond donors (Lipinski definition) is 1. The zero-order valence-corrected chi connectivity index (χ0v) is 12.9. The normalized spacial score (nSPS) is 26.7. The molecule has 0 amide bonds. The van der Waals surface area contributed by atoms with Gasteiger partial charge in [-0.2, -0.15) is 0 Å². The number of rotatable bonds is 3. The maximum absolute atomic E-state index is 10.6. The Morgan fingerprint density at radius 2 is 1.90 bits per heavy atom. The van der Waals surface area contributed by atoms with Crippen LogP contribution in [-0.2, 0) is 15.9 Å². The maximum atomic E-state index is 10.6. The van der Waals surface area contributed by atoms with Crippen LogP contribution in [0.3, 0.4) is 0 Å². The molecule has 3 heteroatoms. The van der Waals surface area contributed by atoms with Gasteiger partial charge in [0.05, 0.1) is 11.7 Å². The number of ether oxygens (including phenoxy) is 2. The van der Waals surface area contributed by atoms with Gasteiger partial charge in [0.2, 0.25) is 0 Å². The molecule has 116 valence electrons. The van der Waals surface area contributed by atoms with E-state index < -0.39 is 0 Å². The highest BCUT2D eigenvalue weighted by atomic mass is 16.5. The molecule has 2 unspecified atom stereocenters. The van der Waals surface area contributed by atoms with Crippen molar-refractivity contribution in [3.05, 3.63) is 35.4 Å². The van der Waals surface area contributed by atoms with E-state index in [0.717, 1.165) is 51.9 Å². The summed E-state index contributed by atoms with van der Waals surface area (Å²) in [7, 11) is 0. The molecule has 0 aliphatic carbocycles. The highest BCUT2D eigenvalue weighted by Gasteiger charge is 2.40. The van der Waals surface area contributed by atoms with E-state index in [1.165, 1.54) is 11.1 Å². The van der Waals surface area contributed by atoms with Crippen LogP contribution in [0.1, 0.15) is 36.8 Å². The number of hydrogen-bond acceptors (Lipinski definition) is 3. The Hall–Kier alpha value is -0.900. The minimum atomic E-state index is -0.267. The van der Waals surface area contributed by atoms with E-state index in [-0.39, 0.29) is 11.7 Å². The van der Waals surface area contributed by atoms with E-state index in [4.69, 9.17) is 9.47 Å². The average Bonchev–Trinajstić information content (AvgIpc) is 2.50. The Morgan fingerprint density at radius 1 is 1.19 bits per heavy atom. The average molecular weight is 290 g/mol. The number of benzene rings is 1. The molecule has 21 heavy (non-hydrogen) atoms. The summed E-state index contributed by atoms with van der Waals surface area (Å²) in [5.41, 5.74) is 2.45. The lowest BCUT2D eigenvalue weighted by atomic mass is 9.77. The second-order valence-electron chi connectivity index (χ2n) is 6.65. The Balaban J connectivity index is 1.61. The first kappa shape index (κ1) is 15.0. The molecule has 0 aromatic heterocycles. The quantitative estimate of drug-likeness (QED) is 0.930. The standard InChI is InChI=1S/C18H26O3/c1-14-2-4-15(5-3-14)12-17(19)16-6-9-21-18(13-16)7-10-20-11-8-18/h2-5,16-17,19H,6-13H2,1H3. The second-order valence-corrected chi connectivity index (χ2v) is 6.65. The number of aliphatic hydroxyl groups excluding tert-OH is 1. The van der Waals surface area contributed by atoms with Gasteiger partial charge in [0.25, 0.3) is 0 Å². The van der Waals surface area contributed by atoms with Gasteiger partial charge in [0.15, 0.2) is 0 Å². The van der Waals surface area contributed by atoms with Gasteiger partial charge in [-0.1, -0.05) is 29.8 Å². The van der Waals surface area contributed by atoms with E-state index in [1.807, 2.05) is 0 Å². The molecule has 2 atom stereocenters. The Labute approximate surface area is 127 Å². The molecule has 2 heterocycles. The molecule has 0 saturated carbocycles. The van der Waals surface area contributed by atoms with Crippen LogP contribution in [0.15, 0.2) is 24.3 Å². The molecule has 1 aromatic carbocycles. The van der Waals surface area contributed by atoms with Gasteiger partial charge in [-0.25, -0.2) is 0 Å². The van der Waals surface area contributed by atoms with E-state index in [2.05, 4.69) is 31.2 Å². The van der Waals surface area contributed by atoms with Gasteiger partial charge >= 0.3 is 0 Å². The van der Waals surface area contributed by atoms with Gasteiger partial charge in [0.1, 0.15) is 0 Å². The highest BCUT2D eigenvalue weighted by Crippen LogP contribution is 2.38. The number of aryl methyl sites for hydroxylation is 1. The molecule has 2 aliphatic rings. The molecule has 3 rings (SSSR count). The zero-order valence-electron chi connectivity index (χ0n) is 12.9. The first-order valence-corrected chi connectivity index (χ1v) is 8.12. The van der Waals surface area contributed by atoms with E-state index in [9.17, 15) is 5.11 Å². The second kappa shape index (κ2) is 6.47. The van der Waals surface area contributed by atoms with Crippen LogP contribution >= 0.6 is 0 Å². The predicted molar refractivity (Wildman–Crippen MR) is 82.3 cm³/mol. The van der Waals surface area contributed by atoms with Crippen molar-refractivity contribution < 1.29 is 14.6 Å². The van der Waals surface area contributed by atoms with Crippen molar-refractivity contribution in [1.29, 1.82) is 0 Å². The Bertz CT molecular complexity index is 443. The molecular weight excluding hydrogens is 264 g/mol. The summed E-state index contributed by atoms with van der Waals surface area (Å²) in [5, 5.41) is 10.6. The summed E-state index contributed by atoms with van der Waals surface area (Å²) in [6.45, 7) is 4.45. The van der Waals surface area contributed by atoms with E-state index >= 15 is 0 Å². The molecule has 3 nitrogen and oxygen atoms in total. The first-order valence-electron chi connectivity index (χ1n) is 8.12. The van der Waals surface area contributed by atoms with Crippen molar-refractivity contribution in [3.8, 4) is 0 Å². The zero-order chi connectivity index (χ0) is 14.7. The van der Waals surface area contributed by atoms with Crippen molar-refractivity contribution in [2.24, 2.45) is 5.92 Å². The van der Waals surface area contributed by atoms with Crippen molar-refractivity contribution in [2.45, 2.75) is 50.7 Å². The largest absolute Gasteiger partial charge is 0.392 e. The highest BCUT2D eigenvalue weighted by molar-refractivity contribution is 5.22. The van der Waals surface area contributed by atoms with Gasteiger partial charge in [-0.3, -0.25) is 0 Å². The van der Waals surface area contributed by atoms with Gasteiger partial charge in [0, 0.05) is 19.8 Å². The summed E-state index contributed by atoms with van der Waals surface area (Å²) in [4.78, 5) is 0. The van der Waals surface area contributed by atoms with Gasteiger partial charge in [-0.05, 0) is 50.5 Å². The Morgan fingerprint density at radius 3 is 2.62 bits per heavy atom. The summed E-state index contributed by atoms with van der Waals surface area (Å²) in [6, 6.07) is 8.49. The molecule has 2 fully saturated rings. The SMILES string of the molecule is Cc1ccc(CC(O)C2CCOC3(CCOCC3)C2)cc1. The fourth-order valence-corrected chi connectivity index (χ4v) is 3.62. The molecule has 1 N–H and O–H groups in total. The van der Waals surface area contributed by atoms with E-state index in [0.29, 0.717) is 5.92 Å². The minimum Gasteiger partial charge on any atom is -0.392 e. The summed E-state index contributed by atoms with van der Waals surface area (Å²) >= 11 is 0. The van der Waals surface area contributed by atoms with Crippen LogP contribution in [-0.4, -0.2) is 36.6 Å². The fourth-order valence-electron chi connectivity index (χ4n) is 3.62. The molecule has 2 aliphatic heterocycles. The molecule has 0 bridgehead atoms. The van der Waals surface area contributed by atoms with Crippen molar-refractivity contribution in [2.75, 3.05) is 19.8 Å². The lowest BCUT2D eigenvalue weighted by molar-refractivity contribution is -0.158. The summed E-state index contributed by atoms with van der Waals surface area (Å²) < 4.78 is 11.5. The summed E-state index contributed by atoms with van der Waals surface area (Å²) in [5.74, 6) is 0.346. The fraction of sp³-hybridized carbons (Fsp3) is 0.667. The minimum absolute atomic E-state index is 0.0323. The molecule has 1 spiro atoms. The van der Waals surface area contributed by atoms with Crippen LogP contribution in [0.2, 0.25) is 0 Å². The molecule has 2 saturated heterocycles. The van der Waals surface area contributed by atoms with Crippen LogP contribution in [0.4, 0.5) is 0 Å². The van der Waals surface area contributed by atoms with Crippen LogP contribution in [0, 0.1) is 12.8 Å².